The van der Waals surface area contributed by atoms with Crippen LogP contribution in [0.4, 0.5) is 5.13 Å². The molecule has 0 saturated heterocycles. The van der Waals surface area contributed by atoms with E-state index in [1.165, 1.54) is 27.7 Å². The smallest absolute Gasteiger partial charge is 0.290 e. The number of carbonyl (C=O) groups is 1. The molecule has 2 aromatic carbocycles. The zero-order chi connectivity index (χ0) is 21.8. The van der Waals surface area contributed by atoms with Gasteiger partial charge in [0.1, 0.15) is 11.5 Å². The number of benzene rings is 2. The topological polar surface area (TPSA) is 64.0 Å². The van der Waals surface area contributed by atoms with Crippen LogP contribution in [0.3, 0.4) is 0 Å². The summed E-state index contributed by atoms with van der Waals surface area (Å²) in [4.78, 5) is 18.3. The number of hydrogen-bond donors (Lipinski definition) is 0. The minimum atomic E-state index is -0.301. The number of rotatable bonds is 7. The Labute approximate surface area is 192 Å². The highest BCUT2D eigenvalue weighted by Gasteiger charge is 2.22. The van der Waals surface area contributed by atoms with Gasteiger partial charge in [-0.15, -0.1) is 11.3 Å². The number of nitrogens with zero attached hydrogens (tertiary/aromatic N) is 3. The van der Waals surface area contributed by atoms with Crippen LogP contribution in [0.2, 0.25) is 4.34 Å². The minimum absolute atomic E-state index is 0.301. The summed E-state index contributed by atoms with van der Waals surface area (Å²) in [7, 11) is 1.61. The lowest BCUT2D eigenvalue weighted by Crippen LogP contribution is -2.24. The molecule has 0 bridgehead atoms. The van der Waals surface area contributed by atoms with Gasteiger partial charge in [0.2, 0.25) is 5.13 Å². The van der Waals surface area contributed by atoms with Crippen molar-refractivity contribution >= 4 is 61.7 Å². The largest absolute Gasteiger partial charge is 0.497 e. The summed E-state index contributed by atoms with van der Waals surface area (Å²) in [5.41, 5.74) is 1.59. The summed E-state index contributed by atoms with van der Waals surface area (Å²) in [5, 5.41) is 6.22. The highest BCUT2D eigenvalue weighted by atomic mass is 35.5. The Hall–Kier alpha value is -2.94. The van der Waals surface area contributed by atoms with E-state index in [1.54, 1.807) is 25.5 Å². The van der Waals surface area contributed by atoms with Crippen molar-refractivity contribution in [3.8, 4) is 11.5 Å². The molecular formula is C22H18ClN3O3S2. The number of anilines is 1. The van der Waals surface area contributed by atoms with Crippen molar-refractivity contribution in [3.05, 3.63) is 69.4 Å². The van der Waals surface area contributed by atoms with E-state index in [2.05, 4.69) is 10.1 Å². The molecule has 6 nitrogen and oxygen atoms in total. The third-order valence-corrected chi connectivity index (χ3v) is 6.47. The van der Waals surface area contributed by atoms with Crippen LogP contribution in [0.25, 0.3) is 10.2 Å². The summed E-state index contributed by atoms with van der Waals surface area (Å²) in [6.45, 7) is 2.53. The number of carbonyl (C=O) groups excluding carboxylic acids is 1. The quantitative estimate of drug-likeness (QED) is 0.241. The van der Waals surface area contributed by atoms with E-state index in [4.69, 9.17) is 21.1 Å². The molecule has 0 aliphatic rings. The van der Waals surface area contributed by atoms with Crippen LogP contribution in [-0.2, 0) is 0 Å². The van der Waals surface area contributed by atoms with E-state index >= 15 is 0 Å². The zero-order valence-corrected chi connectivity index (χ0v) is 19.1. The first-order valence-corrected chi connectivity index (χ1v) is 11.4. The third kappa shape index (κ3) is 4.87. The number of hydrazone groups is 1. The van der Waals surface area contributed by atoms with Gasteiger partial charge in [-0.25, -0.2) is 4.98 Å². The number of aromatic nitrogens is 1. The highest BCUT2D eigenvalue weighted by molar-refractivity contribution is 7.22. The van der Waals surface area contributed by atoms with Gasteiger partial charge in [0.15, 0.2) is 0 Å². The molecule has 1 amide bonds. The number of fused-ring (bicyclic) bond motifs is 1. The Balaban J connectivity index is 1.69. The molecule has 0 N–H and O–H groups in total. The maximum atomic E-state index is 13.2. The van der Waals surface area contributed by atoms with Crippen LogP contribution in [-0.4, -0.2) is 30.8 Å². The van der Waals surface area contributed by atoms with E-state index < -0.39 is 0 Å². The van der Waals surface area contributed by atoms with Crippen molar-refractivity contribution in [3.63, 3.8) is 0 Å². The molecule has 0 unspecified atom stereocenters. The first kappa shape index (κ1) is 21.3. The van der Waals surface area contributed by atoms with Crippen LogP contribution < -0.4 is 14.5 Å². The predicted octanol–water partition coefficient (Wildman–Crippen LogP) is 6.10. The normalized spacial score (nSPS) is 11.2. The lowest BCUT2D eigenvalue weighted by molar-refractivity contribution is 0.0991. The van der Waals surface area contributed by atoms with Crippen molar-refractivity contribution in [2.75, 3.05) is 18.7 Å². The van der Waals surface area contributed by atoms with Crippen LogP contribution in [0.15, 0.2) is 59.7 Å². The second-order valence-corrected chi connectivity index (χ2v) is 9.02. The van der Waals surface area contributed by atoms with Crippen LogP contribution >= 0.6 is 34.3 Å². The van der Waals surface area contributed by atoms with E-state index in [1.807, 2.05) is 49.4 Å². The van der Waals surface area contributed by atoms with Crippen molar-refractivity contribution < 1.29 is 14.3 Å². The molecular weight excluding hydrogens is 454 g/mol. The summed E-state index contributed by atoms with van der Waals surface area (Å²) < 4.78 is 12.2. The number of thiazole rings is 1. The molecule has 0 saturated carbocycles. The van der Waals surface area contributed by atoms with Crippen molar-refractivity contribution in [2.45, 2.75) is 6.92 Å². The summed E-state index contributed by atoms with van der Waals surface area (Å²) >= 11 is 8.60. The number of amides is 1. The first-order valence-electron chi connectivity index (χ1n) is 9.38. The van der Waals surface area contributed by atoms with Gasteiger partial charge in [0, 0.05) is 0 Å². The number of thiophene rings is 1. The second kappa shape index (κ2) is 9.47. The van der Waals surface area contributed by atoms with Gasteiger partial charge in [-0.1, -0.05) is 22.9 Å². The maximum absolute atomic E-state index is 13.2. The van der Waals surface area contributed by atoms with Crippen molar-refractivity contribution in [1.29, 1.82) is 0 Å². The average molecular weight is 472 g/mol. The summed E-state index contributed by atoms with van der Waals surface area (Å²) in [5.74, 6) is 1.20. The molecule has 4 aromatic rings. The third-order valence-electron chi connectivity index (χ3n) is 4.26. The number of methoxy groups -OCH3 is 1. The Bertz CT molecular complexity index is 1230. The minimum Gasteiger partial charge on any atom is -0.497 e. The molecule has 4 rings (SSSR count). The van der Waals surface area contributed by atoms with Crippen molar-refractivity contribution in [1.82, 2.24) is 4.98 Å². The van der Waals surface area contributed by atoms with E-state index in [-0.39, 0.29) is 5.91 Å². The van der Waals surface area contributed by atoms with Crippen LogP contribution in [0.5, 0.6) is 11.5 Å². The molecule has 0 spiro atoms. The van der Waals surface area contributed by atoms with Gasteiger partial charge in [-0.3, -0.25) is 4.79 Å². The van der Waals surface area contributed by atoms with Gasteiger partial charge in [-0.05, 0) is 67.1 Å². The van der Waals surface area contributed by atoms with E-state index in [0.29, 0.717) is 21.0 Å². The lowest BCUT2D eigenvalue weighted by Gasteiger charge is -2.12. The number of halogens is 1. The van der Waals surface area contributed by atoms with Gasteiger partial charge in [0.25, 0.3) is 5.91 Å². The monoisotopic (exact) mass is 471 g/mol. The molecule has 0 atom stereocenters. The second-order valence-electron chi connectivity index (χ2n) is 6.30. The fraction of sp³-hybridized carbons (Fsp3) is 0.136. The highest BCUT2D eigenvalue weighted by Crippen LogP contribution is 2.33. The summed E-state index contributed by atoms with van der Waals surface area (Å²) in [6, 6.07) is 16.4. The fourth-order valence-corrected chi connectivity index (χ4v) is 4.69. The fourth-order valence-electron chi connectivity index (χ4n) is 2.77. The van der Waals surface area contributed by atoms with Crippen LogP contribution in [0.1, 0.15) is 22.2 Å². The predicted molar refractivity (Wildman–Crippen MR) is 128 cm³/mol. The number of ether oxygens (including phenoxy) is 2. The van der Waals surface area contributed by atoms with Crippen LogP contribution in [0, 0.1) is 0 Å². The standard InChI is InChI=1S/C22H18ClN3O3S2/c1-3-29-15-6-4-14(5-7-15)13-24-26(21(27)18-10-11-20(23)30-18)22-25-17-9-8-16(28-2)12-19(17)31-22/h4-13H,3H2,1-2H3/b24-13+. The van der Waals surface area contributed by atoms with E-state index in [9.17, 15) is 4.79 Å². The number of hydrogen-bond acceptors (Lipinski definition) is 7. The van der Waals surface area contributed by atoms with Gasteiger partial charge >= 0.3 is 0 Å². The molecule has 2 heterocycles. The molecule has 2 aromatic heterocycles. The molecule has 0 aliphatic carbocycles. The Morgan fingerprint density at radius 2 is 1.90 bits per heavy atom. The Kier molecular flexibility index (Phi) is 6.50. The SMILES string of the molecule is CCOc1ccc(/C=N/N(C(=O)c2ccc(Cl)s2)c2nc3ccc(OC)cc3s2)cc1. The molecule has 158 valence electrons. The molecule has 0 aliphatic heterocycles. The maximum Gasteiger partial charge on any atom is 0.290 e. The first-order chi connectivity index (χ1) is 15.1. The van der Waals surface area contributed by atoms with E-state index in [0.717, 1.165) is 27.3 Å². The average Bonchev–Trinajstić information content (AvgIpc) is 3.40. The van der Waals surface area contributed by atoms with Gasteiger partial charge in [0.05, 0.1) is 39.4 Å². The summed E-state index contributed by atoms with van der Waals surface area (Å²) in [6.07, 6.45) is 1.62. The Morgan fingerprint density at radius 3 is 2.58 bits per heavy atom. The Morgan fingerprint density at radius 1 is 1.13 bits per heavy atom. The van der Waals surface area contributed by atoms with Gasteiger partial charge in [-0.2, -0.15) is 10.1 Å². The molecule has 0 fully saturated rings. The van der Waals surface area contributed by atoms with Crippen molar-refractivity contribution in [2.24, 2.45) is 5.10 Å². The lowest BCUT2D eigenvalue weighted by atomic mass is 10.2. The molecule has 31 heavy (non-hydrogen) atoms. The zero-order valence-electron chi connectivity index (χ0n) is 16.7. The molecule has 0 radical (unpaired) electrons. The van der Waals surface area contributed by atoms with Gasteiger partial charge < -0.3 is 9.47 Å². The molecule has 9 heteroatoms.